The van der Waals surface area contributed by atoms with Crippen LogP contribution in [-0.4, -0.2) is 58.5 Å². The molecule has 0 spiro atoms. The van der Waals surface area contributed by atoms with Gasteiger partial charge in [-0.05, 0) is 19.8 Å². The molecule has 0 aliphatic carbocycles. The second-order valence-electron chi connectivity index (χ2n) is 6.42. The number of aromatic nitrogens is 1. The van der Waals surface area contributed by atoms with Crippen LogP contribution in [0.1, 0.15) is 25.3 Å². The lowest BCUT2D eigenvalue weighted by molar-refractivity contribution is -0.119. The highest BCUT2D eigenvalue weighted by molar-refractivity contribution is 8.02. The van der Waals surface area contributed by atoms with Crippen molar-refractivity contribution in [3.63, 3.8) is 0 Å². The molecule has 3 N–H and O–H groups in total. The molecular weight excluding hydrogens is 416 g/mol. The molecule has 0 aromatic carbocycles. The number of likely N-dealkylation sites (tertiary alicyclic amines) is 1. The molecule has 0 atom stereocenters. The number of nitrogens with one attached hydrogen (secondary N) is 2. The van der Waals surface area contributed by atoms with Crippen LogP contribution < -0.4 is 10.9 Å². The summed E-state index contributed by atoms with van der Waals surface area (Å²) in [4.78, 5) is 39.8. The van der Waals surface area contributed by atoms with E-state index in [1.54, 1.807) is 11.8 Å². The second kappa shape index (κ2) is 9.19. The molecule has 0 unspecified atom stereocenters. The Labute approximate surface area is 174 Å². The maximum Gasteiger partial charge on any atom is 0.409 e. The zero-order valence-corrected chi connectivity index (χ0v) is 17.3. The van der Waals surface area contributed by atoms with E-state index in [0.717, 1.165) is 17.4 Å². The maximum atomic E-state index is 12.3. The van der Waals surface area contributed by atoms with Crippen molar-refractivity contribution in [2.75, 3.05) is 25.4 Å². The van der Waals surface area contributed by atoms with E-state index in [2.05, 4.69) is 10.3 Å². The fraction of sp³-hybridized carbons (Fsp3) is 0.444. The van der Waals surface area contributed by atoms with Gasteiger partial charge in [0, 0.05) is 25.2 Å². The van der Waals surface area contributed by atoms with Crippen LogP contribution in [-0.2, 0) is 9.53 Å². The molecule has 1 aliphatic rings. The number of hydrogen-bond donors (Lipinski definition) is 3. The highest BCUT2D eigenvalue weighted by atomic mass is 32.2. The quantitative estimate of drug-likeness (QED) is 0.610. The van der Waals surface area contributed by atoms with E-state index in [9.17, 15) is 24.8 Å². The molecule has 1 fully saturated rings. The summed E-state index contributed by atoms with van der Waals surface area (Å²) in [7, 11) is 0. The Balaban J connectivity index is 1.57. The van der Waals surface area contributed by atoms with E-state index >= 15 is 0 Å². The van der Waals surface area contributed by atoms with E-state index in [1.807, 2.05) is 6.07 Å². The summed E-state index contributed by atoms with van der Waals surface area (Å²) in [5.74, 6) is -0.261. The number of pyridine rings is 1. The van der Waals surface area contributed by atoms with Crippen LogP contribution in [0.5, 0.6) is 5.75 Å². The normalized spacial score (nSPS) is 14.6. The minimum atomic E-state index is -0.493. The van der Waals surface area contributed by atoms with E-state index in [0.29, 0.717) is 41.4 Å². The van der Waals surface area contributed by atoms with Gasteiger partial charge in [-0.3, -0.25) is 9.59 Å². The van der Waals surface area contributed by atoms with Crippen molar-refractivity contribution in [2.45, 2.75) is 30.0 Å². The zero-order valence-electron chi connectivity index (χ0n) is 15.7. The van der Waals surface area contributed by atoms with Crippen LogP contribution in [0.4, 0.5) is 4.79 Å². The molecule has 9 nitrogen and oxygen atoms in total. The first-order valence-corrected chi connectivity index (χ1v) is 10.9. The number of H-pyrrole nitrogens is 1. The highest BCUT2D eigenvalue weighted by Gasteiger charge is 2.25. The molecule has 154 valence electrons. The molecule has 1 aliphatic heterocycles. The lowest BCUT2D eigenvalue weighted by Crippen LogP contribution is -2.47. The first-order valence-electron chi connectivity index (χ1n) is 9.05. The van der Waals surface area contributed by atoms with Crippen LogP contribution >= 0.6 is 23.1 Å². The predicted octanol–water partition coefficient (Wildman–Crippen LogP) is 2.00. The van der Waals surface area contributed by atoms with Crippen LogP contribution in [0.3, 0.4) is 0 Å². The number of hydrogen-bond acceptors (Lipinski definition) is 8. The topological polar surface area (TPSA) is 136 Å². The summed E-state index contributed by atoms with van der Waals surface area (Å²) in [6, 6.07) is 3.07. The second-order valence-corrected chi connectivity index (χ2v) is 8.68. The number of fused-ring (bicyclic) bond motifs is 1. The van der Waals surface area contributed by atoms with Gasteiger partial charge in [0.15, 0.2) is 0 Å². The Bertz CT molecular complexity index is 1020. The highest BCUT2D eigenvalue weighted by Crippen LogP contribution is 2.39. The van der Waals surface area contributed by atoms with E-state index in [-0.39, 0.29) is 40.6 Å². The summed E-state index contributed by atoms with van der Waals surface area (Å²) >= 11 is 2.35. The lowest BCUT2D eigenvalue weighted by atomic mass is 10.1. The zero-order chi connectivity index (χ0) is 21.0. The van der Waals surface area contributed by atoms with E-state index in [1.165, 1.54) is 11.8 Å². The summed E-state index contributed by atoms with van der Waals surface area (Å²) in [6.45, 7) is 3.15. The molecule has 2 aromatic rings. The van der Waals surface area contributed by atoms with Gasteiger partial charge in [0.05, 0.1) is 26.8 Å². The fourth-order valence-electron chi connectivity index (χ4n) is 3.08. The van der Waals surface area contributed by atoms with Gasteiger partial charge < -0.3 is 25.0 Å². The summed E-state index contributed by atoms with van der Waals surface area (Å²) in [5.41, 5.74) is 0.0445. The Morgan fingerprint density at radius 2 is 2.21 bits per heavy atom. The minimum Gasteiger partial charge on any atom is -0.506 e. The standard InChI is InChI=1S/C18H20N4O5S2/c1-2-27-18(26)22-5-3-10(4-6-22)20-14(25)9-28-17-11(8-19)15-16(29-17)12(23)7-13(24)21-15/h7,10H,2-6,9H2,1H3,(H,20,25)(H2,21,23,24). The maximum absolute atomic E-state index is 12.3. The molecule has 1 saturated heterocycles. The van der Waals surface area contributed by atoms with Crippen molar-refractivity contribution < 1.29 is 19.4 Å². The first kappa shape index (κ1) is 21.0. The Kier molecular flexibility index (Phi) is 6.66. The number of piperidine rings is 1. The number of nitriles is 1. The third-order valence-electron chi connectivity index (χ3n) is 4.46. The number of carbonyl (C=O) groups is 2. The number of thiophene rings is 1. The molecule has 0 bridgehead atoms. The Morgan fingerprint density at radius 1 is 1.48 bits per heavy atom. The van der Waals surface area contributed by atoms with Crippen LogP contribution in [0.25, 0.3) is 10.2 Å². The SMILES string of the molecule is CCOC(=O)N1CCC(NC(=O)CSc2sc3c(O)cc(=O)[nH]c3c2C#N)CC1. The number of aromatic amines is 1. The molecular formula is C18H20N4O5S2. The summed E-state index contributed by atoms with van der Waals surface area (Å²) in [6.07, 6.45) is 0.968. The smallest absolute Gasteiger partial charge is 0.409 e. The van der Waals surface area contributed by atoms with Gasteiger partial charge in [0.2, 0.25) is 5.91 Å². The summed E-state index contributed by atoms with van der Waals surface area (Å²) in [5, 5.41) is 22.3. The van der Waals surface area contributed by atoms with Gasteiger partial charge in [-0.25, -0.2) is 4.79 Å². The van der Waals surface area contributed by atoms with Gasteiger partial charge >= 0.3 is 6.09 Å². The van der Waals surface area contributed by atoms with Crippen molar-refractivity contribution in [1.29, 1.82) is 5.26 Å². The third-order valence-corrected chi connectivity index (χ3v) is 6.94. The number of thioether (sulfide) groups is 1. The molecule has 3 rings (SSSR count). The molecule has 2 aromatic heterocycles. The van der Waals surface area contributed by atoms with Crippen molar-refractivity contribution in [3.8, 4) is 11.8 Å². The lowest BCUT2D eigenvalue weighted by Gasteiger charge is -2.31. The van der Waals surface area contributed by atoms with Crippen molar-refractivity contribution >= 4 is 45.3 Å². The van der Waals surface area contributed by atoms with E-state index < -0.39 is 5.56 Å². The van der Waals surface area contributed by atoms with Gasteiger partial charge in [-0.2, -0.15) is 5.26 Å². The number of aromatic hydroxyl groups is 1. The molecule has 11 heteroatoms. The molecule has 0 saturated carbocycles. The van der Waals surface area contributed by atoms with E-state index in [4.69, 9.17) is 4.74 Å². The van der Waals surface area contributed by atoms with Gasteiger partial charge in [-0.15, -0.1) is 23.1 Å². The first-order chi connectivity index (χ1) is 13.9. The van der Waals surface area contributed by atoms with Crippen molar-refractivity contribution in [1.82, 2.24) is 15.2 Å². The number of ether oxygens (including phenoxy) is 1. The molecule has 2 amide bonds. The van der Waals surface area contributed by atoms with Gasteiger partial charge in [-0.1, -0.05) is 0 Å². The Morgan fingerprint density at radius 3 is 2.86 bits per heavy atom. The minimum absolute atomic E-state index is 0.0213. The monoisotopic (exact) mass is 436 g/mol. The molecule has 29 heavy (non-hydrogen) atoms. The van der Waals surface area contributed by atoms with Crippen molar-refractivity contribution in [2.24, 2.45) is 0 Å². The number of amides is 2. The predicted molar refractivity (Wildman–Crippen MR) is 109 cm³/mol. The van der Waals surface area contributed by atoms with Gasteiger partial charge in [0.1, 0.15) is 17.4 Å². The summed E-state index contributed by atoms with van der Waals surface area (Å²) < 4.78 is 5.95. The molecule has 3 heterocycles. The van der Waals surface area contributed by atoms with Crippen LogP contribution in [0, 0.1) is 11.3 Å². The Hall–Kier alpha value is -2.71. The number of carbonyl (C=O) groups excluding carboxylic acids is 2. The average molecular weight is 437 g/mol. The fourth-order valence-corrected chi connectivity index (χ4v) is 5.24. The van der Waals surface area contributed by atoms with Crippen LogP contribution in [0.15, 0.2) is 15.1 Å². The van der Waals surface area contributed by atoms with Crippen LogP contribution in [0.2, 0.25) is 0 Å². The van der Waals surface area contributed by atoms with Gasteiger partial charge in [0.25, 0.3) is 5.56 Å². The number of rotatable bonds is 5. The third kappa shape index (κ3) is 4.83. The van der Waals surface area contributed by atoms with Crippen molar-refractivity contribution in [3.05, 3.63) is 22.0 Å². The largest absolute Gasteiger partial charge is 0.506 e. The molecule has 0 radical (unpaired) electrons. The number of nitrogens with zero attached hydrogens (tertiary/aromatic N) is 2. The average Bonchev–Trinajstić information content (AvgIpc) is 3.05.